The molecule has 25 heavy (non-hydrogen) atoms. The molecule has 2 nitrogen and oxygen atoms in total. The molecule has 0 amide bonds. The predicted molar refractivity (Wildman–Crippen MR) is 107 cm³/mol. The van der Waals surface area contributed by atoms with Gasteiger partial charge in [0.1, 0.15) is 0 Å². The monoisotopic (exact) mass is 393 g/mol. The van der Waals surface area contributed by atoms with Crippen molar-refractivity contribution in [1.29, 1.82) is 0 Å². The zero-order valence-corrected chi connectivity index (χ0v) is 16.1. The van der Waals surface area contributed by atoms with Crippen molar-refractivity contribution in [3.8, 4) is 28.1 Å². The van der Waals surface area contributed by atoms with Crippen LogP contribution in [0.2, 0.25) is 0 Å². The molecular formula is C22H19NOSe. The molecule has 0 unspecified atom stereocenters. The summed E-state index contributed by atoms with van der Waals surface area (Å²) < 4.78 is 6.57. The van der Waals surface area contributed by atoms with Crippen molar-refractivity contribution >= 4 is 31.4 Å². The number of benzene rings is 3. The summed E-state index contributed by atoms with van der Waals surface area (Å²) in [6.07, 6.45) is 0. The summed E-state index contributed by atoms with van der Waals surface area (Å²) in [5.74, 6) is 0.882. The molecule has 1 N–H and O–H groups in total. The molecule has 1 aromatic heterocycles. The van der Waals surface area contributed by atoms with E-state index < -0.39 is 0 Å². The Bertz CT molecular complexity index is 1050. The van der Waals surface area contributed by atoms with Gasteiger partial charge in [-0.05, 0) is 0 Å². The first kappa shape index (κ1) is 16.0. The van der Waals surface area contributed by atoms with Crippen molar-refractivity contribution in [2.45, 2.75) is 6.92 Å². The standard InChI is InChI=1S/C22H19NOSe/c1-14-19-13-17(24-2)9-11-20(19)23-22(14)18-10-8-16(12-21(18)25)15-6-4-3-5-7-15/h3-13,23,25H,1-2H3. The van der Waals surface area contributed by atoms with Gasteiger partial charge in [0.15, 0.2) is 0 Å². The minimum absolute atomic E-state index is 0.882. The van der Waals surface area contributed by atoms with Crippen LogP contribution in [-0.2, 0) is 0 Å². The van der Waals surface area contributed by atoms with Crippen molar-refractivity contribution in [2.75, 3.05) is 7.11 Å². The molecule has 0 saturated carbocycles. The van der Waals surface area contributed by atoms with Crippen LogP contribution in [0.3, 0.4) is 0 Å². The molecule has 0 radical (unpaired) electrons. The Morgan fingerprint density at radius 1 is 0.880 bits per heavy atom. The Morgan fingerprint density at radius 3 is 2.40 bits per heavy atom. The molecule has 1 heterocycles. The fraction of sp³-hybridized carbons (Fsp3) is 0.0909. The van der Waals surface area contributed by atoms with Gasteiger partial charge in [0.25, 0.3) is 0 Å². The van der Waals surface area contributed by atoms with Crippen molar-refractivity contribution in [3.63, 3.8) is 0 Å². The van der Waals surface area contributed by atoms with E-state index in [9.17, 15) is 0 Å². The predicted octanol–water partition coefficient (Wildman–Crippen LogP) is 4.35. The third-order valence-electron chi connectivity index (χ3n) is 4.64. The molecular weight excluding hydrogens is 373 g/mol. The molecule has 0 fully saturated rings. The molecule has 3 heteroatoms. The van der Waals surface area contributed by atoms with Crippen molar-refractivity contribution < 1.29 is 4.74 Å². The molecule has 3 aromatic carbocycles. The van der Waals surface area contributed by atoms with Crippen LogP contribution < -0.4 is 9.20 Å². The normalized spacial score (nSPS) is 11.0. The minimum atomic E-state index is 0.882. The van der Waals surface area contributed by atoms with Crippen LogP contribution in [0.4, 0.5) is 0 Å². The molecule has 0 spiro atoms. The van der Waals surface area contributed by atoms with Crippen LogP contribution in [-0.4, -0.2) is 28.1 Å². The van der Waals surface area contributed by atoms with Crippen LogP contribution >= 0.6 is 0 Å². The van der Waals surface area contributed by atoms with Gasteiger partial charge in [-0.15, -0.1) is 0 Å². The fourth-order valence-corrected chi connectivity index (χ4v) is 3.94. The Kier molecular flexibility index (Phi) is 4.12. The molecule has 4 aromatic rings. The van der Waals surface area contributed by atoms with Gasteiger partial charge in [0, 0.05) is 0 Å². The van der Waals surface area contributed by atoms with Crippen molar-refractivity contribution in [1.82, 2.24) is 4.98 Å². The van der Waals surface area contributed by atoms with E-state index in [1.54, 1.807) is 7.11 Å². The number of rotatable bonds is 3. The Hall–Kier alpha value is -2.48. The average Bonchev–Trinajstić information content (AvgIpc) is 2.98. The number of aromatic nitrogens is 1. The Balaban J connectivity index is 1.82. The Labute approximate surface area is 155 Å². The van der Waals surface area contributed by atoms with Gasteiger partial charge in [-0.1, -0.05) is 0 Å². The number of aromatic amines is 1. The maximum absolute atomic E-state index is 5.36. The molecule has 4 rings (SSSR count). The van der Waals surface area contributed by atoms with Gasteiger partial charge < -0.3 is 0 Å². The second-order valence-corrected chi connectivity index (χ2v) is 7.15. The van der Waals surface area contributed by atoms with E-state index in [0.717, 1.165) is 11.3 Å². The first-order valence-electron chi connectivity index (χ1n) is 8.22. The number of methoxy groups -OCH3 is 1. The van der Waals surface area contributed by atoms with Crippen molar-refractivity contribution in [2.24, 2.45) is 0 Å². The number of ether oxygens (including phenoxy) is 1. The molecule has 0 aliphatic heterocycles. The number of hydrogen-bond acceptors (Lipinski definition) is 1. The SMILES string of the molecule is COc1ccc2[nH]c(-c3ccc(-c4ccccc4)cc3[SeH])c(C)c2c1. The molecule has 124 valence electrons. The van der Waals surface area contributed by atoms with Gasteiger partial charge in [0.2, 0.25) is 0 Å². The zero-order valence-electron chi connectivity index (χ0n) is 14.2. The summed E-state index contributed by atoms with van der Waals surface area (Å²) in [6.45, 7) is 2.16. The van der Waals surface area contributed by atoms with Crippen molar-refractivity contribution in [3.05, 3.63) is 72.3 Å². The number of H-pyrrole nitrogens is 1. The molecule has 0 aliphatic rings. The quantitative estimate of drug-likeness (QED) is 0.516. The second kappa shape index (κ2) is 6.44. The van der Waals surface area contributed by atoms with Crippen LogP contribution in [0.25, 0.3) is 33.3 Å². The van der Waals surface area contributed by atoms with Gasteiger partial charge >= 0.3 is 156 Å². The summed E-state index contributed by atoms with van der Waals surface area (Å²) in [5.41, 5.74) is 7.22. The van der Waals surface area contributed by atoms with E-state index in [0.29, 0.717) is 0 Å². The van der Waals surface area contributed by atoms with Crippen LogP contribution in [0.15, 0.2) is 66.7 Å². The van der Waals surface area contributed by atoms with E-state index in [4.69, 9.17) is 4.74 Å². The number of hydrogen-bond donors (Lipinski definition) is 1. The first-order chi connectivity index (χ1) is 12.2. The number of nitrogens with one attached hydrogen (secondary N) is 1. The maximum atomic E-state index is 5.36. The fourth-order valence-electron chi connectivity index (χ4n) is 3.26. The third kappa shape index (κ3) is 2.86. The molecule has 0 saturated heterocycles. The zero-order chi connectivity index (χ0) is 17.4. The van der Waals surface area contributed by atoms with E-state index in [-0.39, 0.29) is 0 Å². The molecule has 0 atom stereocenters. The summed E-state index contributed by atoms with van der Waals surface area (Å²) >= 11 is 2.70. The van der Waals surface area contributed by atoms with Gasteiger partial charge in [-0.2, -0.15) is 0 Å². The molecule has 0 aliphatic carbocycles. The molecule has 0 bridgehead atoms. The topological polar surface area (TPSA) is 25.0 Å². The van der Waals surface area contributed by atoms with Gasteiger partial charge in [-0.3, -0.25) is 0 Å². The average molecular weight is 392 g/mol. The second-order valence-electron chi connectivity index (χ2n) is 6.13. The number of fused-ring (bicyclic) bond motifs is 1. The van der Waals surface area contributed by atoms with E-state index in [1.165, 1.54) is 37.8 Å². The summed E-state index contributed by atoms with van der Waals surface area (Å²) in [5, 5.41) is 1.20. The van der Waals surface area contributed by atoms with E-state index in [1.807, 2.05) is 12.1 Å². The number of aryl methyl sites for hydroxylation is 1. The third-order valence-corrected chi connectivity index (χ3v) is 5.42. The van der Waals surface area contributed by atoms with E-state index >= 15 is 0 Å². The summed E-state index contributed by atoms with van der Waals surface area (Å²) in [4.78, 5) is 3.57. The van der Waals surface area contributed by atoms with Crippen LogP contribution in [0.1, 0.15) is 5.56 Å². The Morgan fingerprint density at radius 2 is 1.68 bits per heavy atom. The van der Waals surface area contributed by atoms with Crippen LogP contribution in [0.5, 0.6) is 5.75 Å². The first-order valence-corrected chi connectivity index (χ1v) is 9.16. The van der Waals surface area contributed by atoms with Gasteiger partial charge in [0.05, 0.1) is 0 Å². The van der Waals surface area contributed by atoms with E-state index in [2.05, 4.69) is 82.5 Å². The van der Waals surface area contributed by atoms with Gasteiger partial charge in [-0.25, -0.2) is 0 Å². The van der Waals surface area contributed by atoms with Crippen LogP contribution in [0, 0.1) is 6.92 Å². The summed E-state index contributed by atoms with van der Waals surface area (Å²) in [6, 6.07) is 23.2. The summed E-state index contributed by atoms with van der Waals surface area (Å²) in [7, 11) is 1.70.